The lowest BCUT2D eigenvalue weighted by molar-refractivity contribution is 0.0726. The normalized spacial score (nSPS) is 16.0. The highest BCUT2D eigenvalue weighted by atomic mass is 19.1. The number of fused-ring (bicyclic) bond motifs is 1. The summed E-state index contributed by atoms with van der Waals surface area (Å²) in [6, 6.07) is 10.5. The Morgan fingerprint density at radius 1 is 0.972 bits per heavy atom. The number of pyridine rings is 3. The first-order valence-corrected chi connectivity index (χ1v) is 11.9. The van der Waals surface area contributed by atoms with Crippen LogP contribution in [0.25, 0.3) is 28.0 Å². The van der Waals surface area contributed by atoms with Gasteiger partial charge in [-0.3, -0.25) is 14.7 Å². The molecular weight excluding hydrogens is 463 g/mol. The van der Waals surface area contributed by atoms with Crippen LogP contribution < -0.4 is 4.90 Å². The largest absolute Gasteiger partial charge is 0.447 e. The molecule has 2 aliphatic heterocycles. The van der Waals surface area contributed by atoms with Crippen molar-refractivity contribution in [1.29, 1.82) is 0 Å². The maximum atomic E-state index is 14.0. The number of amides is 2. The molecule has 2 fully saturated rings. The number of carbonyl (C=O) groups is 2. The topological polar surface area (TPSA) is 92.9 Å². The van der Waals surface area contributed by atoms with Gasteiger partial charge in [-0.2, -0.15) is 5.10 Å². The second kappa shape index (κ2) is 9.03. The third-order valence-corrected chi connectivity index (χ3v) is 6.56. The minimum atomic E-state index is -0.491. The molecule has 0 atom stereocenters. The zero-order valence-corrected chi connectivity index (χ0v) is 19.4. The number of hydrogen-bond acceptors (Lipinski definition) is 6. The zero-order valence-electron chi connectivity index (χ0n) is 19.4. The molecule has 0 radical (unpaired) electrons. The lowest BCUT2D eigenvalue weighted by Crippen LogP contribution is -2.35. The van der Waals surface area contributed by atoms with Gasteiger partial charge >= 0.3 is 6.09 Å². The van der Waals surface area contributed by atoms with Gasteiger partial charge in [-0.15, -0.1) is 0 Å². The molecule has 0 N–H and O–H groups in total. The fraction of sp³-hybridized carbons (Fsp3) is 0.269. The van der Waals surface area contributed by atoms with E-state index >= 15 is 0 Å². The van der Waals surface area contributed by atoms with E-state index in [4.69, 9.17) is 4.74 Å². The summed E-state index contributed by atoms with van der Waals surface area (Å²) in [5, 5.41) is 4.54. The molecule has 0 spiro atoms. The van der Waals surface area contributed by atoms with Crippen molar-refractivity contribution in [2.75, 3.05) is 31.1 Å². The Balaban J connectivity index is 1.48. The Morgan fingerprint density at radius 3 is 2.61 bits per heavy atom. The highest BCUT2D eigenvalue weighted by molar-refractivity contribution is 6.01. The number of rotatable bonds is 4. The highest BCUT2D eigenvalue weighted by Gasteiger charge is 2.27. The van der Waals surface area contributed by atoms with Crippen molar-refractivity contribution >= 4 is 23.3 Å². The molecule has 4 aromatic heterocycles. The maximum absolute atomic E-state index is 14.0. The van der Waals surface area contributed by atoms with Gasteiger partial charge in [0.05, 0.1) is 41.4 Å². The van der Waals surface area contributed by atoms with Crippen LogP contribution in [-0.4, -0.2) is 62.7 Å². The number of anilines is 1. The monoisotopic (exact) mass is 486 g/mol. The van der Waals surface area contributed by atoms with E-state index in [9.17, 15) is 14.0 Å². The molecule has 182 valence electrons. The Hall–Kier alpha value is -4.34. The molecular formula is C26H23FN6O3. The third-order valence-electron chi connectivity index (χ3n) is 6.56. The van der Waals surface area contributed by atoms with Crippen molar-refractivity contribution in [3.63, 3.8) is 0 Å². The second-order valence-electron chi connectivity index (χ2n) is 8.88. The fourth-order valence-electron chi connectivity index (χ4n) is 4.77. The minimum Gasteiger partial charge on any atom is -0.447 e. The number of carbonyl (C=O) groups excluding carboxylic acids is 2. The van der Waals surface area contributed by atoms with Gasteiger partial charge in [0, 0.05) is 30.4 Å². The van der Waals surface area contributed by atoms with Crippen molar-refractivity contribution in [1.82, 2.24) is 24.5 Å². The van der Waals surface area contributed by atoms with E-state index in [1.165, 1.54) is 17.2 Å². The van der Waals surface area contributed by atoms with Crippen LogP contribution in [0.5, 0.6) is 0 Å². The van der Waals surface area contributed by atoms with Crippen LogP contribution in [0.15, 0.2) is 55.0 Å². The standard InChI is InChI=1S/C26H23FN6O3/c27-19-11-18(14-28-15-19)21-12-17(13-24(30-21)32-9-10-36-26(32)35)22-5-4-6-23-20(16-29-33(22)23)25(34)31-7-2-1-3-8-31/h4-6,11-16H,1-3,7-10H2. The molecule has 9 nitrogen and oxygen atoms in total. The van der Waals surface area contributed by atoms with E-state index in [-0.39, 0.29) is 12.5 Å². The first-order chi connectivity index (χ1) is 17.6. The van der Waals surface area contributed by atoms with Crippen LogP contribution in [0.3, 0.4) is 0 Å². The molecule has 0 unspecified atom stereocenters. The number of piperidine rings is 1. The molecule has 4 aromatic rings. The van der Waals surface area contributed by atoms with Gasteiger partial charge in [-0.25, -0.2) is 18.7 Å². The molecule has 6 heterocycles. The third kappa shape index (κ3) is 3.94. The molecule has 2 saturated heterocycles. The van der Waals surface area contributed by atoms with Crippen molar-refractivity contribution in [3.8, 4) is 22.5 Å². The quantitative estimate of drug-likeness (QED) is 0.430. The van der Waals surface area contributed by atoms with Crippen molar-refractivity contribution in [3.05, 3.63) is 66.4 Å². The average molecular weight is 487 g/mol. The Bertz CT molecular complexity index is 1480. The van der Waals surface area contributed by atoms with Crippen molar-refractivity contribution in [2.45, 2.75) is 19.3 Å². The Kier molecular flexibility index (Phi) is 5.55. The Morgan fingerprint density at radius 2 is 1.83 bits per heavy atom. The molecule has 2 amide bonds. The van der Waals surface area contributed by atoms with E-state index < -0.39 is 11.9 Å². The van der Waals surface area contributed by atoms with Gasteiger partial charge in [0.15, 0.2) is 0 Å². The lowest BCUT2D eigenvalue weighted by Gasteiger charge is -2.26. The first-order valence-electron chi connectivity index (χ1n) is 11.9. The van der Waals surface area contributed by atoms with Gasteiger partial charge in [-0.05, 0) is 49.6 Å². The molecule has 36 heavy (non-hydrogen) atoms. The fourth-order valence-corrected chi connectivity index (χ4v) is 4.77. The summed E-state index contributed by atoms with van der Waals surface area (Å²) in [4.78, 5) is 37.4. The van der Waals surface area contributed by atoms with Gasteiger partial charge in [0.1, 0.15) is 18.2 Å². The van der Waals surface area contributed by atoms with E-state index in [0.717, 1.165) is 38.5 Å². The van der Waals surface area contributed by atoms with Crippen LogP contribution in [0.2, 0.25) is 0 Å². The molecule has 0 aromatic carbocycles. The van der Waals surface area contributed by atoms with Crippen LogP contribution in [-0.2, 0) is 4.74 Å². The summed E-state index contributed by atoms with van der Waals surface area (Å²) in [6.45, 7) is 2.12. The number of aromatic nitrogens is 4. The van der Waals surface area contributed by atoms with E-state index in [1.54, 1.807) is 22.8 Å². The zero-order chi connectivity index (χ0) is 24.6. The van der Waals surface area contributed by atoms with Gasteiger partial charge < -0.3 is 9.64 Å². The van der Waals surface area contributed by atoms with Crippen LogP contribution >= 0.6 is 0 Å². The number of cyclic esters (lactones) is 1. The van der Waals surface area contributed by atoms with Gasteiger partial charge in [-0.1, -0.05) is 6.07 Å². The van der Waals surface area contributed by atoms with Crippen LogP contribution in [0.4, 0.5) is 15.0 Å². The SMILES string of the molecule is O=C(c1cnn2c(-c3cc(-c4cncc(F)c4)nc(N4CCOC4=O)c3)cccc12)N1CCCCC1. The lowest BCUT2D eigenvalue weighted by atomic mass is 10.1. The first kappa shape index (κ1) is 22.1. The number of nitrogens with zero attached hydrogens (tertiary/aromatic N) is 6. The predicted octanol–water partition coefficient (Wildman–Crippen LogP) is 4.18. The van der Waals surface area contributed by atoms with Gasteiger partial charge in [0.2, 0.25) is 0 Å². The Labute approximate surface area is 206 Å². The minimum absolute atomic E-state index is 0.0244. The average Bonchev–Trinajstić information content (AvgIpc) is 3.54. The molecule has 6 rings (SSSR count). The molecule has 2 aliphatic rings. The van der Waals surface area contributed by atoms with Gasteiger partial charge in [0.25, 0.3) is 5.91 Å². The number of likely N-dealkylation sites (tertiary alicyclic amines) is 1. The highest BCUT2D eigenvalue weighted by Crippen LogP contribution is 2.31. The van der Waals surface area contributed by atoms with Crippen LogP contribution in [0, 0.1) is 5.82 Å². The summed E-state index contributed by atoms with van der Waals surface area (Å²) in [5.41, 5.74) is 3.56. The smallest absolute Gasteiger partial charge is 0.415 e. The van der Waals surface area contributed by atoms with Crippen LogP contribution in [0.1, 0.15) is 29.6 Å². The van der Waals surface area contributed by atoms with Crippen molar-refractivity contribution < 1.29 is 18.7 Å². The summed E-state index contributed by atoms with van der Waals surface area (Å²) in [5.74, 6) is -0.136. The molecule has 0 bridgehead atoms. The summed E-state index contributed by atoms with van der Waals surface area (Å²) in [7, 11) is 0. The van der Waals surface area contributed by atoms with E-state index in [2.05, 4.69) is 15.1 Å². The molecule has 10 heteroatoms. The molecule has 0 aliphatic carbocycles. The number of hydrogen-bond donors (Lipinski definition) is 0. The van der Waals surface area contributed by atoms with Crippen molar-refractivity contribution in [2.24, 2.45) is 0 Å². The number of ether oxygens (including phenoxy) is 1. The summed E-state index contributed by atoms with van der Waals surface area (Å²) < 4.78 is 20.8. The molecule has 0 saturated carbocycles. The maximum Gasteiger partial charge on any atom is 0.415 e. The second-order valence-corrected chi connectivity index (χ2v) is 8.88. The number of halogens is 1. The van der Waals surface area contributed by atoms with E-state index in [1.807, 2.05) is 23.1 Å². The summed E-state index contributed by atoms with van der Waals surface area (Å²) >= 11 is 0. The summed E-state index contributed by atoms with van der Waals surface area (Å²) in [6.07, 6.45) is 6.91. The van der Waals surface area contributed by atoms with E-state index in [0.29, 0.717) is 46.0 Å². The predicted molar refractivity (Wildman–Crippen MR) is 130 cm³/mol.